The first-order valence-corrected chi connectivity index (χ1v) is 8.49. The fraction of sp³-hybridized carbons (Fsp3) is 0.368. The maximum Gasteiger partial charge on any atom is 0.171 e. The molecule has 0 aliphatic heterocycles. The topological polar surface area (TPSA) is 91.0 Å². The lowest BCUT2D eigenvalue weighted by Gasteiger charge is -2.24. The Balaban J connectivity index is 1.75. The largest absolute Gasteiger partial charge is 0.494 e. The highest BCUT2D eigenvalue weighted by molar-refractivity contribution is 5.73. The van der Waals surface area contributed by atoms with Gasteiger partial charge in [-0.25, -0.2) is 8.78 Å². The van der Waals surface area contributed by atoms with Crippen molar-refractivity contribution in [1.29, 1.82) is 0 Å². The molecular formula is C19H21F2N5O2. The summed E-state index contributed by atoms with van der Waals surface area (Å²) in [6.45, 7) is 0. The minimum atomic E-state index is -3.05. The van der Waals surface area contributed by atoms with Crippen LogP contribution in [0.25, 0.3) is 11.4 Å². The number of nitrogen functional groups attached to an aromatic ring is 1. The predicted octanol–water partition coefficient (Wildman–Crippen LogP) is 2.96. The molecule has 9 heteroatoms. The number of methoxy groups -OCH3 is 2. The molecular weight excluding hydrogens is 368 g/mol. The molecule has 1 aliphatic rings. The zero-order chi connectivity index (χ0) is 25.0. The van der Waals surface area contributed by atoms with Gasteiger partial charge in [0, 0.05) is 29.9 Å². The summed E-state index contributed by atoms with van der Waals surface area (Å²) in [7, 11) is -4.38. The average molecular weight is 395 g/mol. The van der Waals surface area contributed by atoms with Gasteiger partial charge < -0.3 is 15.2 Å². The van der Waals surface area contributed by atoms with Crippen LogP contribution in [0.2, 0.25) is 0 Å². The molecule has 0 saturated heterocycles. The fourth-order valence-electron chi connectivity index (χ4n) is 3.81. The maximum absolute atomic E-state index is 15.3. The summed E-state index contributed by atoms with van der Waals surface area (Å²) in [6.07, 6.45) is 2.25. The molecule has 7 nitrogen and oxygen atoms in total. The Bertz CT molecular complexity index is 1180. The van der Waals surface area contributed by atoms with E-state index >= 15 is 8.78 Å². The highest BCUT2D eigenvalue weighted by atomic mass is 19.1. The highest BCUT2D eigenvalue weighted by Gasteiger charge is 2.32. The standard InChI is InChI=1S/C19H21F2N5O2/c1-26-19(11(22)8-23-26)18-10-5-4-9(6-12(10)24-25-18)15-16(20)13(27-2)7-14(28-3)17(15)21/h7-9H,4-6,22H2,1-3H3,(H,24,25)/i2D3,3D3. The highest BCUT2D eigenvalue weighted by Crippen LogP contribution is 2.42. The Morgan fingerprint density at radius 3 is 2.61 bits per heavy atom. The minimum absolute atomic E-state index is 0.123. The number of benzene rings is 1. The van der Waals surface area contributed by atoms with E-state index in [1.807, 2.05) is 0 Å². The molecule has 0 bridgehead atoms. The number of hydrogen-bond donors (Lipinski definition) is 2. The maximum atomic E-state index is 15.3. The summed E-state index contributed by atoms with van der Waals surface area (Å²) in [5.74, 6) is -4.88. The lowest BCUT2D eigenvalue weighted by molar-refractivity contribution is 0.347. The summed E-state index contributed by atoms with van der Waals surface area (Å²) in [6, 6.07) is 0.598. The number of fused-ring (bicyclic) bond motifs is 1. The van der Waals surface area contributed by atoms with Crippen LogP contribution in [-0.2, 0) is 19.9 Å². The number of anilines is 1. The Labute approximate surface area is 168 Å². The first-order chi connectivity index (χ1) is 15.7. The number of nitrogens with zero attached hydrogens (tertiary/aromatic N) is 3. The number of rotatable bonds is 4. The molecule has 1 unspecified atom stereocenters. The third-order valence-electron chi connectivity index (χ3n) is 5.13. The molecule has 148 valence electrons. The molecule has 28 heavy (non-hydrogen) atoms. The van der Waals surface area contributed by atoms with Gasteiger partial charge in [-0.3, -0.25) is 9.78 Å². The van der Waals surface area contributed by atoms with E-state index < -0.39 is 48.7 Å². The second kappa shape index (κ2) is 6.81. The van der Waals surface area contributed by atoms with Crippen LogP contribution < -0.4 is 15.2 Å². The van der Waals surface area contributed by atoms with Crippen molar-refractivity contribution in [1.82, 2.24) is 20.0 Å². The third kappa shape index (κ3) is 2.69. The van der Waals surface area contributed by atoms with Crippen molar-refractivity contribution in [2.75, 3.05) is 19.8 Å². The summed E-state index contributed by atoms with van der Waals surface area (Å²) in [5.41, 5.74) is 8.54. The molecule has 0 spiro atoms. The van der Waals surface area contributed by atoms with Crippen LogP contribution in [0.4, 0.5) is 14.5 Å². The van der Waals surface area contributed by atoms with Gasteiger partial charge in [0.1, 0.15) is 11.4 Å². The van der Waals surface area contributed by atoms with Crippen molar-refractivity contribution >= 4 is 5.69 Å². The van der Waals surface area contributed by atoms with Crippen molar-refractivity contribution in [3.05, 3.63) is 40.7 Å². The normalized spacial score (nSPS) is 20.2. The molecule has 2 heterocycles. The van der Waals surface area contributed by atoms with Crippen molar-refractivity contribution < 1.29 is 26.5 Å². The van der Waals surface area contributed by atoms with Crippen LogP contribution in [0, 0.1) is 11.6 Å². The summed E-state index contributed by atoms with van der Waals surface area (Å²) < 4.78 is 85.1. The molecule has 1 aliphatic carbocycles. The quantitative estimate of drug-likeness (QED) is 0.709. The van der Waals surface area contributed by atoms with E-state index in [-0.39, 0.29) is 12.8 Å². The van der Waals surface area contributed by atoms with E-state index in [1.54, 1.807) is 11.7 Å². The molecule has 3 aromatic rings. The predicted molar refractivity (Wildman–Crippen MR) is 99.4 cm³/mol. The summed E-state index contributed by atoms with van der Waals surface area (Å²) >= 11 is 0. The van der Waals surface area contributed by atoms with Crippen molar-refractivity contribution in [3.63, 3.8) is 0 Å². The van der Waals surface area contributed by atoms with Crippen molar-refractivity contribution in [3.8, 4) is 22.9 Å². The number of aryl methyl sites for hydroxylation is 1. The van der Waals surface area contributed by atoms with Crippen molar-refractivity contribution in [2.45, 2.75) is 25.2 Å². The Morgan fingerprint density at radius 2 is 2.00 bits per heavy atom. The lowest BCUT2D eigenvalue weighted by Crippen LogP contribution is -2.16. The second-order valence-electron chi connectivity index (χ2n) is 6.66. The Morgan fingerprint density at radius 1 is 1.29 bits per heavy atom. The number of halogens is 2. The van der Waals surface area contributed by atoms with Crippen molar-refractivity contribution in [2.24, 2.45) is 7.05 Å². The zero-order valence-corrected chi connectivity index (χ0v) is 14.8. The number of nitrogens with one attached hydrogen (secondary N) is 1. The van der Waals surface area contributed by atoms with E-state index in [9.17, 15) is 0 Å². The fourth-order valence-corrected chi connectivity index (χ4v) is 3.81. The van der Waals surface area contributed by atoms with Gasteiger partial charge in [-0.1, -0.05) is 0 Å². The van der Waals surface area contributed by atoms with Crippen LogP contribution in [0.3, 0.4) is 0 Å². The van der Waals surface area contributed by atoms with Gasteiger partial charge in [0.2, 0.25) is 0 Å². The second-order valence-corrected chi connectivity index (χ2v) is 6.66. The lowest BCUT2D eigenvalue weighted by atomic mass is 9.81. The van der Waals surface area contributed by atoms with E-state index in [0.717, 1.165) is 5.56 Å². The van der Waals surface area contributed by atoms with Crippen LogP contribution in [0.1, 0.15) is 37.4 Å². The molecule has 2 aromatic heterocycles. The van der Waals surface area contributed by atoms with Gasteiger partial charge in [-0.2, -0.15) is 10.2 Å². The number of ether oxygens (including phenoxy) is 2. The SMILES string of the molecule is [2H]C([2H])([2H])Oc1cc(OC([2H])([2H])[2H])c(F)c(C2CCc3c(-c4c(N)cnn4C)n[nH]c3C2)c1F. The molecule has 0 radical (unpaired) electrons. The Kier molecular flexibility index (Phi) is 3.01. The molecule has 1 aromatic carbocycles. The number of aromatic amines is 1. The van der Waals surface area contributed by atoms with E-state index in [2.05, 4.69) is 24.8 Å². The molecule has 0 fully saturated rings. The van der Waals surface area contributed by atoms with Gasteiger partial charge in [0.15, 0.2) is 23.1 Å². The van der Waals surface area contributed by atoms with Crippen LogP contribution in [0.15, 0.2) is 12.3 Å². The number of nitrogens with two attached hydrogens (primary N) is 1. The van der Waals surface area contributed by atoms with Gasteiger partial charge in [0.25, 0.3) is 0 Å². The van der Waals surface area contributed by atoms with E-state index in [4.69, 9.17) is 14.0 Å². The first kappa shape index (κ1) is 12.4. The van der Waals surface area contributed by atoms with E-state index in [0.29, 0.717) is 35.3 Å². The number of hydrogen-bond acceptors (Lipinski definition) is 5. The summed E-state index contributed by atoms with van der Waals surface area (Å²) in [5, 5.41) is 11.3. The minimum Gasteiger partial charge on any atom is -0.494 e. The molecule has 1 atom stereocenters. The van der Waals surface area contributed by atoms with E-state index in [1.165, 1.54) is 6.20 Å². The average Bonchev–Trinajstić information content (AvgIpc) is 3.26. The monoisotopic (exact) mass is 395 g/mol. The van der Waals surface area contributed by atoms with Crippen LogP contribution >= 0.6 is 0 Å². The molecule has 0 amide bonds. The summed E-state index contributed by atoms with van der Waals surface area (Å²) in [4.78, 5) is 0. The molecule has 0 saturated carbocycles. The van der Waals surface area contributed by atoms with Gasteiger partial charge in [0.05, 0.1) is 34.2 Å². The number of H-pyrrole nitrogens is 1. The van der Waals surface area contributed by atoms with Gasteiger partial charge >= 0.3 is 0 Å². The van der Waals surface area contributed by atoms with Crippen LogP contribution in [0.5, 0.6) is 11.5 Å². The smallest absolute Gasteiger partial charge is 0.171 e. The zero-order valence-electron chi connectivity index (χ0n) is 20.8. The van der Waals surface area contributed by atoms with Gasteiger partial charge in [-0.15, -0.1) is 0 Å². The Hall–Kier alpha value is -3.10. The first-order valence-electron chi connectivity index (χ1n) is 11.5. The molecule has 3 N–H and O–H groups in total. The third-order valence-corrected chi connectivity index (χ3v) is 5.13. The molecule has 4 rings (SSSR count). The number of aromatic nitrogens is 4. The van der Waals surface area contributed by atoms with Gasteiger partial charge in [-0.05, 0) is 25.2 Å². The van der Waals surface area contributed by atoms with Crippen LogP contribution in [-0.4, -0.2) is 34.1 Å².